The van der Waals surface area contributed by atoms with Crippen molar-refractivity contribution in [3.63, 3.8) is 0 Å². The molecule has 0 amide bonds. The van der Waals surface area contributed by atoms with E-state index >= 15 is 0 Å². The number of rotatable bonds is 9. The minimum atomic E-state index is -0.759. The molecule has 32 heavy (non-hydrogen) atoms. The van der Waals surface area contributed by atoms with Crippen LogP contribution in [0.2, 0.25) is 0 Å². The third-order valence-corrected chi connectivity index (χ3v) is 5.98. The van der Waals surface area contributed by atoms with Crippen LogP contribution in [0.5, 0.6) is 11.5 Å². The van der Waals surface area contributed by atoms with Crippen molar-refractivity contribution < 1.29 is 19.7 Å². The van der Waals surface area contributed by atoms with E-state index in [4.69, 9.17) is 9.47 Å². The standard InChI is InChI=1S/C27H31NO4/c29-26-15-16-28(25(27(26)30)19-21-7-3-1-4-8-21)17-18-31-23-11-13-24(14-12-23)32-20-22-9-5-2-6-10-22/h1-14,25-27,29-30H,15-20H2. The maximum Gasteiger partial charge on any atom is 0.120 e. The number of aliphatic hydroxyl groups is 2. The molecule has 3 aromatic rings. The molecular formula is C27H31NO4. The zero-order valence-electron chi connectivity index (χ0n) is 18.2. The molecule has 5 nitrogen and oxygen atoms in total. The second-order valence-electron chi connectivity index (χ2n) is 8.23. The van der Waals surface area contributed by atoms with Gasteiger partial charge in [-0.2, -0.15) is 0 Å². The number of likely N-dealkylation sites (tertiary alicyclic amines) is 1. The van der Waals surface area contributed by atoms with Crippen LogP contribution in [0.1, 0.15) is 17.5 Å². The van der Waals surface area contributed by atoms with Crippen LogP contribution >= 0.6 is 0 Å². The molecule has 2 N–H and O–H groups in total. The molecule has 4 rings (SSSR count). The molecule has 0 aliphatic carbocycles. The zero-order valence-corrected chi connectivity index (χ0v) is 18.2. The molecule has 1 saturated heterocycles. The van der Waals surface area contributed by atoms with Gasteiger partial charge in [0.2, 0.25) is 0 Å². The Morgan fingerprint density at radius 2 is 1.34 bits per heavy atom. The fourth-order valence-corrected chi connectivity index (χ4v) is 4.14. The summed E-state index contributed by atoms with van der Waals surface area (Å²) in [5, 5.41) is 20.8. The van der Waals surface area contributed by atoms with Gasteiger partial charge < -0.3 is 19.7 Å². The van der Waals surface area contributed by atoms with Gasteiger partial charge in [-0.05, 0) is 48.2 Å². The topological polar surface area (TPSA) is 62.2 Å². The van der Waals surface area contributed by atoms with Crippen LogP contribution in [0.25, 0.3) is 0 Å². The molecular weight excluding hydrogens is 402 g/mol. The van der Waals surface area contributed by atoms with Crippen molar-refractivity contribution in [3.05, 3.63) is 96.1 Å². The van der Waals surface area contributed by atoms with Crippen LogP contribution in [0.3, 0.4) is 0 Å². The number of benzene rings is 3. The van der Waals surface area contributed by atoms with Crippen molar-refractivity contribution in [2.24, 2.45) is 0 Å². The third-order valence-electron chi connectivity index (χ3n) is 5.98. The Bertz CT molecular complexity index is 933. The fourth-order valence-electron chi connectivity index (χ4n) is 4.14. The van der Waals surface area contributed by atoms with Crippen molar-refractivity contribution >= 4 is 0 Å². The van der Waals surface area contributed by atoms with Gasteiger partial charge in [-0.1, -0.05) is 60.7 Å². The first-order valence-corrected chi connectivity index (χ1v) is 11.2. The van der Waals surface area contributed by atoms with Crippen molar-refractivity contribution in [3.8, 4) is 11.5 Å². The molecule has 1 aliphatic rings. The second-order valence-corrected chi connectivity index (χ2v) is 8.23. The summed E-state index contributed by atoms with van der Waals surface area (Å²) in [4.78, 5) is 2.22. The molecule has 1 heterocycles. The van der Waals surface area contributed by atoms with Crippen LogP contribution in [-0.2, 0) is 13.0 Å². The summed E-state index contributed by atoms with van der Waals surface area (Å²) < 4.78 is 11.8. The van der Waals surface area contributed by atoms with Crippen LogP contribution in [-0.4, -0.2) is 53.1 Å². The van der Waals surface area contributed by atoms with Crippen molar-refractivity contribution in [2.75, 3.05) is 19.7 Å². The first-order chi connectivity index (χ1) is 15.7. The highest BCUT2D eigenvalue weighted by Gasteiger charge is 2.35. The summed E-state index contributed by atoms with van der Waals surface area (Å²) in [5.41, 5.74) is 2.29. The Morgan fingerprint density at radius 1 is 0.750 bits per heavy atom. The number of hydrogen-bond donors (Lipinski definition) is 2. The van der Waals surface area contributed by atoms with Crippen LogP contribution in [0.4, 0.5) is 0 Å². The van der Waals surface area contributed by atoms with Crippen molar-refractivity contribution in [1.82, 2.24) is 4.90 Å². The summed E-state index contributed by atoms with van der Waals surface area (Å²) in [5.74, 6) is 1.59. The molecule has 0 radical (unpaired) electrons. The summed E-state index contributed by atoms with van der Waals surface area (Å²) in [6, 6.07) is 27.7. The van der Waals surface area contributed by atoms with Crippen molar-refractivity contribution in [2.45, 2.75) is 37.7 Å². The molecule has 0 spiro atoms. The lowest BCUT2D eigenvalue weighted by atomic mass is 9.91. The number of hydrogen-bond acceptors (Lipinski definition) is 5. The Kier molecular flexibility index (Phi) is 7.77. The number of nitrogens with zero attached hydrogens (tertiary/aromatic N) is 1. The van der Waals surface area contributed by atoms with E-state index in [9.17, 15) is 10.2 Å². The van der Waals surface area contributed by atoms with E-state index in [0.29, 0.717) is 32.6 Å². The van der Waals surface area contributed by atoms with Gasteiger partial charge in [-0.25, -0.2) is 0 Å². The molecule has 5 heteroatoms. The predicted octanol–water partition coefficient (Wildman–Crippen LogP) is 3.68. The lowest BCUT2D eigenvalue weighted by Crippen LogP contribution is -2.56. The quantitative estimate of drug-likeness (QED) is 0.539. The molecule has 0 bridgehead atoms. The Hall–Kier alpha value is -2.86. The maximum absolute atomic E-state index is 10.6. The van der Waals surface area contributed by atoms with E-state index < -0.39 is 12.2 Å². The van der Waals surface area contributed by atoms with Gasteiger partial charge in [0.05, 0.1) is 12.2 Å². The lowest BCUT2D eigenvalue weighted by molar-refractivity contribution is -0.0777. The van der Waals surface area contributed by atoms with Gasteiger partial charge >= 0.3 is 0 Å². The smallest absolute Gasteiger partial charge is 0.120 e. The average Bonchev–Trinajstić information content (AvgIpc) is 2.84. The summed E-state index contributed by atoms with van der Waals surface area (Å²) >= 11 is 0. The third kappa shape index (κ3) is 6.10. The first-order valence-electron chi connectivity index (χ1n) is 11.2. The molecule has 3 atom stereocenters. The minimum Gasteiger partial charge on any atom is -0.492 e. The van der Waals surface area contributed by atoms with Crippen molar-refractivity contribution in [1.29, 1.82) is 0 Å². The summed E-state index contributed by atoms with van der Waals surface area (Å²) in [7, 11) is 0. The minimum absolute atomic E-state index is 0.126. The van der Waals surface area contributed by atoms with E-state index in [1.54, 1.807) is 0 Å². The van der Waals surface area contributed by atoms with E-state index in [1.165, 1.54) is 0 Å². The van der Waals surface area contributed by atoms with E-state index in [2.05, 4.69) is 17.0 Å². The highest BCUT2D eigenvalue weighted by atomic mass is 16.5. The van der Waals surface area contributed by atoms with Crippen LogP contribution in [0.15, 0.2) is 84.9 Å². The summed E-state index contributed by atoms with van der Waals surface area (Å²) in [6.07, 6.45) is -0.166. The van der Waals surface area contributed by atoms with Gasteiger partial charge in [-0.15, -0.1) is 0 Å². The molecule has 168 valence electrons. The van der Waals surface area contributed by atoms with E-state index in [0.717, 1.165) is 29.2 Å². The van der Waals surface area contributed by atoms with E-state index in [1.807, 2.05) is 72.8 Å². The molecule has 3 aromatic carbocycles. The molecule has 1 aliphatic heterocycles. The molecule has 3 unspecified atom stereocenters. The average molecular weight is 434 g/mol. The first kappa shape index (κ1) is 22.3. The van der Waals surface area contributed by atoms with Crippen LogP contribution in [0, 0.1) is 0 Å². The van der Waals surface area contributed by atoms with Gasteiger partial charge in [0, 0.05) is 19.1 Å². The van der Waals surface area contributed by atoms with Crippen LogP contribution < -0.4 is 9.47 Å². The number of piperidine rings is 1. The zero-order chi connectivity index (χ0) is 22.2. The molecule has 0 saturated carbocycles. The molecule has 0 aromatic heterocycles. The predicted molar refractivity (Wildman–Crippen MR) is 125 cm³/mol. The molecule has 1 fully saturated rings. The van der Waals surface area contributed by atoms with Gasteiger partial charge in [0.15, 0.2) is 0 Å². The largest absolute Gasteiger partial charge is 0.492 e. The summed E-state index contributed by atoms with van der Waals surface area (Å²) in [6.45, 7) is 2.48. The van der Waals surface area contributed by atoms with Gasteiger partial charge in [0.1, 0.15) is 24.7 Å². The monoisotopic (exact) mass is 433 g/mol. The van der Waals surface area contributed by atoms with Gasteiger partial charge in [-0.3, -0.25) is 4.90 Å². The van der Waals surface area contributed by atoms with Gasteiger partial charge in [0.25, 0.3) is 0 Å². The second kappa shape index (κ2) is 11.1. The van der Waals surface area contributed by atoms with E-state index in [-0.39, 0.29) is 6.04 Å². The number of aliphatic hydroxyl groups excluding tert-OH is 2. The lowest BCUT2D eigenvalue weighted by Gasteiger charge is -2.41. The highest BCUT2D eigenvalue weighted by molar-refractivity contribution is 5.31. The Morgan fingerprint density at radius 3 is 2.00 bits per heavy atom. The SMILES string of the molecule is OC1CCN(CCOc2ccc(OCc3ccccc3)cc2)C(Cc2ccccc2)C1O. The highest BCUT2D eigenvalue weighted by Crippen LogP contribution is 2.23. The number of ether oxygens (including phenoxy) is 2. The fraction of sp³-hybridized carbons (Fsp3) is 0.333. The Labute approximate surface area is 189 Å². The normalized spacial score (nSPS) is 21.2. The maximum atomic E-state index is 10.6. The Balaban J connectivity index is 1.27.